The molecule has 1 saturated carbocycles. The molecule has 0 aromatic rings. The van der Waals surface area contributed by atoms with Gasteiger partial charge >= 0.3 is 13.3 Å². The van der Waals surface area contributed by atoms with E-state index in [4.69, 9.17) is 18.5 Å². The first-order valence-corrected chi connectivity index (χ1v) is 9.52. The summed E-state index contributed by atoms with van der Waals surface area (Å²) in [7, 11) is -4.82. The van der Waals surface area contributed by atoms with Crippen LogP contribution in [0.1, 0.15) is 34.1 Å². The molecule has 1 saturated heterocycles. The average molecular weight is 374 g/mol. The standard InChI is InChI=1S/C14H25F2O7P/c1-5-20-24(19,21-6-2)14(15,16)8-7-9-12(11(18)10(8)17)23-13(3,4)22-9/h8-12,17-18H,5-7H2,1-4H3/t8-,9-,10-,11-,12-/m1/s1. The molecule has 0 amide bonds. The first-order valence-electron chi connectivity index (χ1n) is 7.98. The second-order valence-corrected chi connectivity index (χ2v) is 8.49. The predicted molar refractivity (Wildman–Crippen MR) is 79.8 cm³/mol. The van der Waals surface area contributed by atoms with Crippen molar-refractivity contribution in [3.05, 3.63) is 0 Å². The van der Waals surface area contributed by atoms with Gasteiger partial charge in [-0.3, -0.25) is 4.57 Å². The first-order chi connectivity index (χ1) is 11.0. The number of aliphatic hydroxyl groups excluding tert-OH is 2. The lowest BCUT2D eigenvalue weighted by Gasteiger charge is -2.42. The molecule has 0 aromatic heterocycles. The Morgan fingerprint density at radius 2 is 1.71 bits per heavy atom. The van der Waals surface area contributed by atoms with Crippen molar-refractivity contribution in [1.29, 1.82) is 0 Å². The van der Waals surface area contributed by atoms with Gasteiger partial charge in [0.25, 0.3) is 0 Å². The Kier molecular flexibility index (Phi) is 5.77. The van der Waals surface area contributed by atoms with Crippen molar-refractivity contribution in [1.82, 2.24) is 0 Å². The summed E-state index contributed by atoms with van der Waals surface area (Å²) in [4.78, 5) is 0. The quantitative estimate of drug-likeness (QED) is 0.688. The van der Waals surface area contributed by atoms with Crippen LogP contribution >= 0.6 is 7.60 Å². The van der Waals surface area contributed by atoms with Gasteiger partial charge in [-0.1, -0.05) is 0 Å². The molecule has 2 fully saturated rings. The maximum absolute atomic E-state index is 14.9. The minimum absolute atomic E-state index is 0.239. The molecule has 0 unspecified atom stereocenters. The fourth-order valence-electron chi connectivity index (χ4n) is 3.26. The summed E-state index contributed by atoms with van der Waals surface area (Å²) in [5, 5.41) is 20.4. The summed E-state index contributed by atoms with van der Waals surface area (Å²) in [5.41, 5.74) is -3.99. The second-order valence-electron chi connectivity index (χ2n) is 6.38. The first kappa shape index (κ1) is 20.2. The van der Waals surface area contributed by atoms with E-state index in [-0.39, 0.29) is 19.6 Å². The molecule has 7 nitrogen and oxygen atoms in total. The number of halogens is 2. The zero-order chi connectivity index (χ0) is 18.3. The lowest BCUT2D eigenvalue weighted by atomic mass is 9.81. The number of hydrogen-bond donors (Lipinski definition) is 2. The maximum atomic E-state index is 14.9. The van der Waals surface area contributed by atoms with E-state index in [2.05, 4.69) is 0 Å². The van der Waals surface area contributed by atoms with Crippen LogP contribution in [0.4, 0.5) is 8.78 Å². The minimum Gasteiger partial charge on any atom is -0.390 e. The van der Waals surface area contributed by atoms with E-state index in [1.54, 1.807) is 13.8 Å². The van der Waals surface area contributed by atoms with E-state index in [0.717, 1.165) is 0 Å². The zero-order valence-corrected chi connectivity index (χ0v) is 15.0. The minimum atomic E-state index is -4.82. The lowest BCUT2D eigenvalue weighted by Crippen LogP contribution is -2.56. The molecule has 2 rings (SSSR count). The van der Waals surface area contributed by atoms with Crippen LogP contribution in [0.2, 0.25) is 0 Å². The molecule has 2 N–H and O–H groups in total. The SMILES string of the molecule is CCOP(=O)(OCC)C(F)(F)[C@@H]1C[C@H]2OC(C)(C)O[C@H]2[C@H](O)[C@@H]1O. The molecular formula is C14H25F2O7P. The van der Waals surface area contributed by atoms with Gasteiger partial charge in [-0.2, -0.15) is 8.78 Å². The summed E-state index contributed by atoms with van der Waals surface area (Å²) in [5.74, 6) is -2.92. The van der Waals surface area contributed by atoms with Gasteiger partial charge in [-0.15, -0.1) is 0 Å². The van der Waals surface area contributed by atoms with Crippen LogP contribution in [0.15, 0.2) is 0 Å². The average Bonchev–Trinajstić information content (AvgIpc) is 2.78. The highest BCUT2D eigenvalue weighted by Crippen LogP contribution is 2.66. The molecule has 24 heavy (non-hydrogen) atoms. The number of hydrogen-bond acceptors (Lipinski definition) is 7. The van der Waals surface area contributed by atoms with Gasteiger partial charge in [0.1, 0.15) is 12.2 Å². The van der Waals surface area contributed by atoms with Crippen molar-refractivity contribution < 1.29 is 42.1 Å². The second kappa shape index (κ2) is 6.87. The van der Waals surface area contributed by atoms with E-state index in [1.807, 2.05) is 0 Å². The van der Waals surface area contributed by atoms with Gasteiger partial charge in [-0.05, 0) is 34.1 Å². The summed E-state index contributed by atoms with van der Waals surface area (Å²) in [6, 6.07) is 0. The highest BCUT2D eigenvalue weighted by molar-refractivity contribution is 7.55. The fourth-order valence-corrected chi connectivity index (χ4v) is 5.02. The Morgan fingerprint density at radius 1 is 1.17 bits per heavy atom. The number of alkyl halides is 2. The third-order valence-corrected chi connectivity index (χ3v) is 6.47. The molecule has 0 aromatic carbocycles. The van der Waals surface area contributed by atoms with Crippen LogP contribution in [0.5, 0.6) is 0 Å². The maximum Gasteiger partial charge on any atom is 0.399 e. The molecule has 1 aliphatic carbocycles. The van der Waals surface area contributed by atoms with Crippen LogP contribution < -0.4 is 0 Å². The van der Waals surface area contributed by atoms with E-state index < -0.39 is 49.4 Å². The molecule has 5 atom stereocenters. The Balaban J connectivity index is 2.31. The molecule has 10 heteroatoms. The highest BCUT2D eigenvalue weighted by atomic mass is 31.2. The lowest BCUT2D eigenvalue weighted by molar-refractivity contribution is -0.173. The van der Waals surface area contributed by atoms with Crippen molar-refractivity contribution in [3.8, 4) is 0 Å². The molecule has 1 heterocycles. The van der Waals surface area contributed by atoms with Gasteiger partial charge in [0.15, 0.2) is 5.79 Å². The van der Waals surface area contributed by atoms with Crippen molar-refractivity contribution >= 4 is 7.60 Å². The Bertz CT molecular complexity index is 492. The predicted octanol–water partition coefficient (Wildman–Crippen LogP) is 2.11. The normalized spacial score (nSPS) is 36.6. The molecule has 2 aliphatic rings. The Labute approximate surface area is 139 Å². The molecule has 142 valence electrons. The van der Waals surface area contributed by atoms with Crippen LogP contribution in [0.3, 0.4) is 0 Å². The van der Waals surface area contributed by atoms with E-state index in [0.29, 0.717) is 0 Å². The van der Waals surface area contributed by atoms with Crippen LogP contribution in [-0.4, -0.2) is 59.3 Å². The zero-order valence-electron chi connectivity index (χ0n) is 14.1. The largest absolute Gasteiger partial charge is 0.399 e. The molecule has 0 spiro atoms. The smallest absolute Gasteiger partial charge is 0.390 e. The molecule has 0 bridgehead atoms. The van der Waals surface area contributed by atoms with Crippen molar-refractivity contribution in [2.45, 2.75) is 70.0 Å². The van der Waals surface area contributed by atoms with Gasteiger partial charge in [-0.25, -0.2) is 0 Å². The van der Waals surface area contributed by atoms with Crippen molar-refractivity contribution in [2.24, 2.45) is 5.92 Å². The van der Waals surface area contributed by atoms with Crippen LogP contribution in [-0.2, 0) is 23.1 Å². The molecule has 1 aliphatic heterocycles. The summed E-state index contributed by atoms with van der Waals surface area (Å²) in [6.45, 7) is 5.53. The number of aliphatic hydroxyl groups is 2. The number of ether oxygens (including phenoxy) is 2. The third-order valence-electron chi connectivity index (χ3n) is 4.22. The number of fused-ring (bicyclic) bond motifs is 1. The Morgan fingerprint density at radius 3 is 2.21 bits per heavy atom. The monoisotopic (exact) mass is 374 g/mol. The summed E-state index contributed by atoms with van der Waals surface area (Å²) < 4.78 is 62.9. The summed E-state index contributed by atoms with van der Waals surface area (Å²) >= 11 is 0. The molecule has 0 radical (unpaired) electrons. The van der Waals surface area contributed by atoms with Crippen LogP contribution in [0, 0.1) is 5.92 Å². The van der Waals surface area contributed by atoms with Gasteiger partial charge < -0.3 is 28.7 Å². The van der Waals surface area contributed by atoms with Crippen LogP contribution in [0.25, 0.3) is 0 Å². The number of rotatable bonds is 6. The van der Waals surface area contributed by atoms with E-state index in [1.165, 1.54) is 13.8 Å². The summed E-state index contributed by atoms with van der Waals surface area (Å²) in [6.07, 6.45) is -5.58. The van der Waals surface area contributed by atoms with E-state index in [9.17, 15) is 23.6 Å². The van der Waals surface area contributed by atoms with Gasteiger partial charge in [0.05, 0.1) is 31.3 Å². The fraction of sp³-hybridized carbons (Fsp3) is 1.00. The van der Waals surface area contributed by atoms with Crippen molar-refractivity contribution in [3.63, 3.8) is 0 Å². The van der Waals surface area contributed by atoms with Gasteiger partial charge in [0, 0.05) is 0 Å². The third kappa shape index (κ3) is 3.40. The van der Waals surface area contributed by atoms with E-state index >= 15 is 0 Å². The molecular weight excluding hydrogens is 349 g/mol. The van der Waals surface area contributed by atoms with Gasteiger partial charge in [0.2, 0.25) is 0 Å². The highest BCUT2D eigenvalue weighted by Gasteiger charge is 2.66. The van der Waals surface area contributed by atoms with Crippen molar-refractivity contribution in [2.75, 3.05) is 13.2 Å². The topological polar surface area (TPSA) is 94.5 Å². The Hall–Kier alpha value is -0.150.